The van der Waals surface area contributed by atoms with Gasteiger partial charge in [-0.2, -0.15) is 0 Å². The number of carboxylic acids is 5. The molecule has 0 aromatic heterocycles. The fraction of sp³-hybridized carbons (Fsp3) is 0.552. The number of carboxylic acid groups (broad SMARTS) is 5. The standard InChI is InChI=1S/2C9H7.5C8H13N3O2.In.Zr/c2*1-2-5-9-7-3-6-8(9)4-1;5*12-7(13)6-2-5-11-4-1-3-9-8(11)10-6;;/h2*1-7H;5*6H,1-5H2,(H,9,10)(H,12,13);;/q;;;;;;;+3;+2/p-5. The molecule has 5 saturated heterocycles. The predicted octanol–water partition coefficient (Wildman–Crippen LogP) is -4.98. The van der Waals surface area contributed by atoms with Crippen LogP contribution in [0.15, 0.2) is 85.6 Å². The van der Waals surface area contributed by atoms with Crippen molar-refractivity contribution in [3.63, 3.8) is 0 Å². The Morgan fingerprint density at radius 1 is 0.376 bits per heavy atom. The molecular formula is C58H74InN15O10Zr. The fourth-order valence-corrected chi connectivity index (χ4v) is 15.6. The fourth-order valence-electron chi connectivity index (χ4n) is 11.5. The second-order valence-electron chi connectivity index (χ2n) is 21.9. The first-order valence-corrected chi connectivity index (χ1v) is 32.3. The number of aliphatic imine (C=N–C) groups is 5. The zero-order valence-corrected chi connectivity index (χ0v) is 53.5. The summed E-state index contributed by atoms with van der Waals surface area (Å²) in [6, 6.07) is 14.9. The Labute approximate surface area is 525 Å². The molecule has 0 amide bonds. The van der Waals surface area contributed by atoms with Crippen molar-refractivity contribution in [1.29, 1.82) is 0 Å². The first-order chi connectivity index (χ1) is 40.8. The number of rotatable bonds is 7. The third-order valence-electron chi connectivity index (χ3n) is 16.1. The molecule has 25 nitrogen and oxygen atoms in total. The molecule has 27 heteroatoms. The molecule has 85 heavy (non-hydrogen) atoms. The summed E-state index contributed by atoms with van der Waals surface area (Å²) in [7, 11) is 0. The van der Waals surface area contributed by atoms with Crippen LogP contribution in [0.3, 0.4) is 0 Å². The average Bonchev–Trinajstić information content (AvgIpc) is 4.27. The monoisotopic (exact) mass is 1350 g/mol. The Kier molecular flexibility index (Phi) is 24.0. The van der Waals surface area contributed by atoms with Crippen LogP contribution in [-0.2, 0) is 47.2 Å². The van der Waals surface area contributed by atoms with E-state index in [-0.39, 0.29) is 25.8 Å². The summed E-state index contributed by atoms with van der Waals surface area (Å²) >= 11 is -0.542. The number of nitrogens with zero attached hydrogens (tertiary/aromatic N) is 10. The Bertz CT molecular complexity index is 2550. The van der Waals surface area contributed by atoms with Crippen LogP contribution < -0.4 is 52.1 Å². The third-order valence-corrected chi connectivity index (χ3v) is 20.3. The Balaban J connectivity index is 0.000000133. The van der Waals surface area contributed by atoms with Gasteiger partial charge in [-0.1, -0.05) is 0 Å². The number of fused-ring (bicyclic) bond motifs is 7. The first kappa shape index (κ1) is 64.4. The smallest absolute Gasteiger partial charge is 0.548 e. The maximum atomic E-state index is 10.6. The minimum Gasteiger partial charge on any atom is -0.548 e. The molecule has 0 bridgehead atoms. The van der Waals surface area contributed by atoms with Gasteiger partial charge in [-0.15, -0.1) is 0 Å². The number of guanidine groups is 5. The number of benzene rings is 2. The number of hydrogen-bond donors (Lipinski definition) is 5. The zero-order valence-electron chi connectivity index (χ0n) is 47.8. The number of allylic oxidation sites excluding steroid dienone is 2. The molecule has 0 saturated carbocycles. The van der Waals surface area contributed by atoms with E-state index >= 15 is 0 Å². The van der Waals surface area contributed by atoms with Crippen LogP contribution in [0.2, 0.25) is 0 Å². The molecule has 7 unspecified atom stereocenters. The van der Waals surface area contributed by atoms with Crippen LogP contribution in [0.1, 0.15) is 93.7 Å². The van der Waals surface area contributed by atoms with Crippen LogP contribution in [-0.4, -0.2) is 238 Å². The van der Waals surface area contributed by atoms with E-state index in [0.29, 0.717) is 32.1 Å². The summed E-state index contributed by atoms with van der Waals surface area (Å²) in [4.78, 5) is 84.5. The maximum Gasteiger partial charge on any atom is 3.00 e. The maximum absolute atomic E-state index is 10.6. The summed E-state index contributed by atoms with van der Waals surface area (Å²) < 4.78 is 1.47. The Morgan fingerprint density at radius 3 is 0.847 bits per heavy atom. The number of carbonyl (C=O) groups excluding carboxylic acids is 5. The van der Waals surface area contributed by atoms with E-state index < -0.39 is 83.3 Å². The van der Waals surface area contributed by atoms with Crippen molar-refractivity contribution in [2.45, 2.75) is 102 Å². The van der Waals surface area contributed by atoms with Crippen LogP contribution in [0, 0.1) is 0 Å². The molecular weight excluding hydrogens is 1270 g/mol. The molecule has 448 valence electrons. The SMILES string of the molecule is C1=C[CH]([Zr+2][CH]2C=Cc3ccccc32)c2ccccc21.O=C([O-])C1CCN2CCCN=C2N1.O=C([O-])C1CCN2CCCN=C2N1.O=C([O-])C1CCN2CCCN=C2N1.O=C([O-])C1CCN2CCCN=C2N1.O=C([O-])C1CCN2CCCN=C2N1.[In+3]. The second kappa shape index (κ2) is 31.7. The van der Waals surface area contributed by atoms with Crippen molar-refractivity contribution in [2.75, 3.05) is 98.2 Å². The van der Waals surface area contributed by atoms with E-state index in [1.807, 2.05) is 0 Å². The van der Waals surface area contributed by atoms with Gasteiger partial charge in [-0.05, 0) is 64.2 Å². The predicted molar refractivity (Wildman–Crippen MR) is 307 cm³/mol. The van der Waals surface area contributed by atoms with Crippen molar-refractivity contribution in [1.82, 2.24) is 51.1 Å². The van der Waals surface area contributed by atoms with Gasteiger partial charge in [0, 0.05) is 98.2 Å². The molecule has 12 aliphatic rings. The van der Waals surface area contributed by atoms with E-state index in [4.69, 9.17) is 0 Å². The van der Waals surface area contributed by atoms with Crippen LogP contribution in [0.25, 0.3) is 12.2 Å². The van der Waals surface area contributed by atoms with E-state index in [1.165, 1.54) is 11.1 Å². The van der Waals surface area contributed by atoms with Gasteiger partial charge >= 0.3 is 151 Å². The molecule has 2 aliphatic carbocycles. The number of nitrogens with one attached hydrogen (secondary N) is 5. The molecule has 10 aliphatic heterocycles. The van der Waals surface area contributed by atoms with Gasteiger partial charge in [0.25, 0.3) is 0 Å². The van der Waals surface area contributed by atoms with Gasteiger partial charge in [-0.25, -0.2) is 0 Å². The third kappa shape index (κ3) is 17.7. The van der Waals surface area contributed by atoms with Crippen molar-refractivity contribution < 1.29 is 72.7 Å². The summed E-state index contributed by atoms with van der Waals surface area (Å²) in [6.45, 7) is 12.7. The molecule has 0 spiro atoms. The molecule has 2 aromatic carbocycles. The van der Waals surface area contributed by atoms with E-state index in [9.17, 15) is 49.5 Å². The van der Waals surface area contributed by atoms with E-state index in [2.05, 4.69) is 149 Å². The number of aliphatic carboxylic acids is 5. The largest absolute Gasteiger partial charge is 3.00 e. The summed E-state index contributed by atoms with van der Waals surface area (Å²) in [5.74, 6) is -1.53. The minimum absolute atomic E-state index is 0. The van der Waals surface area contributed by atoms with Gasteiger partial charge in [-0.3, -0.25) is 25.0 Å². The summed E-state index contributed by atoms with van der Waals surface area (Å²) in [5, 5.41) is 67.3. The van der Waals surface area contributed by atoms with Crippen LogP contribution >= 0.6 is 0 Å². The van der Waals surface area contributed by atoms with E-state index in [1.54, 1.807) is 11.1 Å². The van der Waals surface area contributed by atoms with Crippen molar-refractivity contribution in [2.24, 2.45) is 25.0 Å². The van der Waals surface area contributed by atoms with E-state index in [0.717, 1.165) is 167 Å². The van der Waals surface area contributed by atoms with Crippen molar-refractivity contribution in [3.05, 3.63) is 82.9 Å². The van der Waals surface area contributed by atoms with Crippen molar-refractivity contribution in [3.8, 4) is 0 Å². The molecule has 5 fully saturated rings. The van der Waals surface area contributed by atoms with Crippen LogP contribution in [0.4, 0.5) is 0 Å². The van der Waals surface area contributed by atoms with Gasteiger partial charge in [0.05, 0.1) is 60.1 Å². The normalized spacial score (nSPS) is 25.8. The first-order valence-electron chi connectivity index (χ1n) is 29.4. The van der Waals surface area contributed by atoms with Gasteiger partial charge < -0.3 is 101 Å². The Hall–Kier alpha value is -6.63. The van der Waals surface area contributed by atoms with Crippen LogP contribution in [0.5, 0.6) is 0 Å². The number of carbonyl (C=O) groups is 5. The molecule has 7 atom stereocenters. The molecule has 10 heterocycles. The number of hydrogen-bond acceptors (Lipinski definition) is 25. The van der Waals surface area contributed by atoms with Gasteiger partial charge in [0.2, 0.25) is 0 Å². The Morgan fingerprint density at radius 2 is 0.612 bits per heavy atom. The van der Waals surface area contributed by atoms with Gasteiger partial charge in [0.1, 0.15) is 0 Å². The van der Waals surface area contributed by atoms with Gasteiger partial charge in [0.15, 0.2) is 29.8 Å². The zero-order chi connectivity index (χ0) is 59.0. The molecule has 0 radical (unpaired) electrons. The minimum atomic E-state index is -1.03. The summed E-state index contributed by atoms with van der Waals surface area (Å²) in [5.41, 5.74) is 5.99. The quantitative estimate of drug-likeness (QED) is 0.173. The van der Waals surface area contributed by atoms with Crippen molar-refractivity contribution >= 4 is 97.6 Å². The topological polar surface area (TPSA) is 339 Å². The average molecular weight is 1350 g/mol. The second-order valence-corrected chi connectivity index (χ2v) is 25.7. The molecule has 2 aromatic rings. The molecule has 5 N–H and O–H groups in total. The molecule has 14 rings (SSSR count). The summed E-state index contributed by atoms with van der Waals surface area (Å²) in [6.07, 6.45) is 17.8.